The molecule has 104 valence electrons. The molecule has 0 aliphatic carbocycles. The number of anilines is 1. The van der Waals surface area contributed by atoms with Gasteiger partial charge in [0.25, 0.3) is 5.91 Å². The number of amides is 1. The highest BCUT2D eigenvalue weighted by Crippen LogP contribution is 2.21. The Kier molecular flexibility index (Phi) is 4.35. The van der Waals surface area contributed by atoms with E-state index >= 15 is 0 Å². The van der Waals surface area contributed by atoms with Crippen molar-refractivity contribution in [1.29, 1.82) is 0 Å². The van der Waals surface area contributed by atoms with Gasteiger partial charge in [-0.2, -0.15) is 0 Å². The van der Waals surface area contributed by atoms with Crippen LogP contribution in [0.4, 0.5) is 10.1 Å². The minimum Gasteiger partial charge on any atom is -0.389 e. The van der Waals surface area contributed by atoms with Crippen LogP contribution in [0.15, 0.2) is 18.2 Å². The summed E-state index contributed by atoms with van der Waals surface area (Å²) in [6, 6.07) is 4.24. The summed E-state index contributed by atoms with van der Waals surface area (Å²) in [5.41, 5.74) is 6.34. The molecule has 1 aromatic heterocycles. The van der Waals surface area contributed by atoms with Gasteiger partial charge >= 0.3 is 0 Å². The monoisotopic (exact) mass is 310 g/mol. The minimum atomic E-state index is -0.576. The topological polar surface area (TPSA) is 80.9 Å². The lowest BCUT2D eigenvalue weighted by atomic mass is 10.1. The average Bonchev–Trinajstić information content (AvgIpc) is 2.86. The number of aromatic nitrogens is 2. The Hall–Kier alpha value is -1.93. The summed E-state index contributed by atoms with van der Waals surface area (Å²) in [5, 5.41) is 6.45. The maximum atomic E-state index is 13.7. The maximum Gasteiger partial charge on any atom is 0.269 e. The summed E-state index contributed by atoms with van der Waals surface area (Å²) in [6.07, 6.45) is 0.588. The van der Waals surface area contributed by atoms with E-state index in [2.05, 4.69) is 14.9 Å². The van der Waals surface area contributed by atoms with Gasteiger partial charge in [0.2, 0.25) is 0 Å². The maximum absolute atomic E-state index is 13.7. The molecule has 0 bridgehead atoms. The van der Waals surface area contributed by atoms with Crippen LogP contribution in [-0.2, 0) is 6.42 Å². The van der Waals surface area contributed by atoms with Gasteiger partial charge in [-0.15, -0.1) is 5.10 Å². The number of thiocarbonyl (C=S) groups is 1. The second kappa shape index (κ2) is 6.02. The quantitative estimate of drug-likeness (QED) is 0.846. The Morgan fingerprint density at radius 3 is 2.95 bits per heavy atom. The summed E-state index contributed by atoms with van der Waals surface area (Å²) in [7, 11) is 0. The van der Waals surface area contributed by atoms with Crippen molar-refractivity contribution >= 4 is 40.3 Å². The molecule has 2 rings (SSSR count). The van der Waals surface area contributed by atoms with Gasteiger partial charge < -0.3 is 11.1 Å². The lowest BCUT2D eigenvalue weighted by Crippen LogP contribution is -2.19. The fraction of sp³-hybridized carbons (Fsp3) is 0.167. The third-order valence-corrected chi connectivity index (χ3v) is 3.58. The number of carbonyl (C=O) groups is 1. The molecule has 0 saturated carbocycles. The van der Waals surface area contributed by atoms with Crippen molar-refractivity contribution in [3.63, 3.8) is 0 Å². The molecule has 0 aliphatic rings. The van der Waals surface area contributed by atoms with Crippen LogP contribution in [0.2, 0.25) is 0 Å². The highest BCUT2D eigenvalue weighted by molar-refractivity contribution is 7.80. The third-order valence-electron chi connectivity index (χ3n) is 2.61. The number of nitrogens with one attached hydrogen (secondary N) is 1. The molecule has 1 heterocycles. The van der Waals surface area contributed by atoms with E-state index in [4.69, 9.17) is 18.0 Å². The first-order chi connectivity index (χ1) is 9.54. The van der Waals surface area contributed by atoms with E-state index in [1.54, 1.807) is 0 Å². The van der Waals surface area contributed by atoms with Gasteiger partial charge in [0.15, 0.2) is 0 Å². The molecule has 0 saturated heterocycles. The molecule has 0 aliphatic heterocycles. The largest absolute Gasteiger partial charge is 0.389 e. The number of rotatable bonds is 4. The highest BCUT2D eigenvalue weighted by atomic mass is 32.1. The van der Waals surface area contributed by atoms with Crippen LogP contribution in [0.1, 0.15) is 27.9 Å². The zero-order chi connectivity index (χ0) is 14.7. The fourth-order valence-electron chi connectivity index (χ4n) is 1.67. The van der Waals surface area contributed by atoms with E-state index in [1.807, 2.05) is 6.92 Å². The van der Waals surface area contributed by atoms with Crippen molar-refractivity contribution in [2.24, 2.45) is 5.73 Å². The zero-order valence-electron chi connectivity index (χ0n) is 10.5. The van der Waals surface area contributed by atoms with E-state index in [1.165, 1.54) is 18.2 Å². The summed E-state index contributed by atoms with van der Waals surface area (Å²) in [6.45, 7) is 1.87. The Bertz CT molecular complexity index is 671. The fourth-order valence-corrected chi connectivity index (χ4v) is 2.52. The molecule has 0 atom stereocenters. The van der Waals surface area contributed by atoms with Crippen molar-refractivity contribution in [3.05, 3.63) is 40.2 Å². The number of nitrogens with two attached hydrogens (primary N) is 1. The van der Waals surface area contributed by atoms with Crippen molar-refractivity contribution < 1.29 is 9.18 Å². The molecular formula is C12H11FN4OS2. The highest BCUT2D eigenvalue weighted by Gasteiger charge is 2.18. The molecule has 1 amide bonds. The molecular weight excluding hydrogens is 299 g/mol. The van der Waals surface area contributed by atoms with Crippen molar-refractivity contribution in [3.8, 4) is 0 Å². The van der Waals surface area contributed by atoms with Gasteiger partial charge in [-0.1, -0.05) is 29.7 Å². The number of hydrogen-bond acceptors (Lipinski definition) is 5. The van der Waals surface area contributed by atoms with Gasteiger partial charge in [0.05, 0.1) is 16.9 Å². The van der Waals surface area contributed by atoms with Gasteiger partial charge in [-0.3, -0.25) is 4.79 Å². The Morgan fingerprint density at radius 2 is 2.30 bits per heavy atom. The normalized spacial score (nSPS) is 10.3. The SMILES string of the molecule is CCc1nnsc1C(=O)Nc1cccc(F)c1C(N)=S. The molecule has 8 heteroatoms. The number of halogens is 1. The van der Waals surface area contributed by atoms with Crippen molar-refractivity contribution in [2.75, 3.05) is 5.32 Å². The lowest BCUT2D eigenvalue weighted by Gasteiger charge is -2.10. The Balaban J connectivity index is 2.33. The first kappa shape index (κ1) is 14.5. The van der Waals surface area contributed by atoms with Gasteiger partial charge in [0, 0.05) is 0 Å². The molecule has 0 spiro atoms. The van der Waals surface area contributed by atoms with Crippen molar-refractivity contribution in [2.45, 2.75) is 13.3 Å². The number of nitrogens with zero attached hydrogens (tertiary/aromatic N) is 2. The first-order valence-electron chi connectivity index (χ1n) is 5.75. The summed E-state index contributed by atoms with van der Waals surface area (Å²) >= 11 is 5.79. The molecule has 2 aromatic rings. The van der Waals surface area contributed by atoms with Crippen LogP contribution in [0.3, 0.4) is 0 Å². The van der Waals surface area contributed by atoms with Crippen LogP contribution in [0.5, 0.6) is 0 Å². The minimum absolute atomic E-state index is 0.0198. The van der Waals surface area contributed by atoms with Crippen LogP contribution in [-0.4, -0.2) is 20.5 Å². The molecule has 0 unspecified atom stereocenters. The van der Waals surface area contributed by atoms with Gasteiger partial charge in [-0.05, 0) is 30.1 Å². The Morgan fingerprint density at radius 1 is 1.55 bits per heavy atom. The smallest absolute Gasteiger partial charge is 0.269 e. The molecule has 3 N–H and O–H groups in total. The molecule has 0 fully saturated rings. The molecule has 5 nitrogen and oxygen atoms in total. The third kappa shape index (κ3) is 2.81. The van der Waals surface area contributed by atoms with Gasteiger partial charge in [-0.25, -0.2) is 4.39 Å². The van der Waals surface area contributed by atoms with Crippen LogP contribution in [0, 0.1) is 5.82 Å². The van der Waals surface area contributed by atoms with E-state index in [0.717, 1.165) is 11.5 Å². The summed E-state index contributed by atoms with van der Waals surface area (Å²) in [4.78, 5) is 12.4. The average molecular weight is 310 g/mol. The predicted octanol–water partition coefficient (Wildman–Crippen LogP) is 2.13. The first-order valence-corrected chi connectivity index (χ1v) is 6.93. The lowest BCUT2D eigenvalue weighted by molar-refractivity contribution is 0.102. The van der Waals surface area contributed by atoms with E-state index in [9.17, 15) is 9.18 Å². The number of aryl methyl sites for hydroxylation is 1. The van der Waals surface area contributed by atoms with Crippen molar-refractivity contribution in [1.82, 2.24) is 9.59 Å². The van der Waals surface area contributed by atoms with Crippen LogP contribution >= 0.6 is 23.8 Å². The summed E-state index contributed by atoms with van der Waals surface area (Å²) < 4.78 is 17.4. The standard InChI is InChI=1S/C12H11FN4OS2/c1-2-7-10(20-17-16-7)12(18)15-8-5-3-4-6(13)9(8)11(14)19/h3-5H,2H2,1H3,(H2,14,19)(H,15,18). The molecule has 0 radical (unpaired) electrons. The number of carbonyl (C=O) groups excluding carboxylic acids is 1. The summed E-state index contributed by atoms with van der Waals surface area (Å²) in [5.74, 6) is -0.978. The zero-order valence-corrected chi connectivity index (χ0v) is 12.1. The van der Waals surface area contributed by atoms with E-state index in [0.29, 0.717) is 17.0 Å². The Labute approximate surface area is 124 Å². The van der Waals surface area contributed by atoms with Gasteiger partial charge in [0.1, 0.15) is 15.7 Å². The second-order valence-electron chi connectivity index (χ2n) is 3.88. The number of benzene rings is 1. The predicted molar refractivity (Wildman–Crippen MR) is 79.5 cm³/mol. The van der Waals surface area contributed by atoms with Crippen LogP contribution in [0.25, 0.3) is 0 Å². The second-order valence-corrected chi connectivity index (χ2v) is 5.08. The van der Waals surface area contributed by atoms with E-state index < -0.39 is 11.7 Å². The molecule has 20 heavy (non-hydrogen) atoms. The van der Waals surface area contributed by atoms with Crippen LogP contribution < -0.4 is 11.1 Å². The molecule has 1 aromatic carbocycles. The van der Waals surface area contributed by atoms with E-state index in [-0.39, 0.29) is 16.2 Å². The number of hydrogen-bond donors (Lipinski definition) is 2.